The third-order valence-electron chi connectivity index (χ3n) is 3.07. The molecule has 0 aliphatic rings. The van der Waals surface area contributed by atoms with Crippen LogP contribution in [0, 0.1) is 12.3 Å². The van der Waals surface area contributed by atoms with E-state index >= 15 is 0 Å². The van der Waals surface area contributed by atoms with Crippen molar-refractivity contribution in [3.63, 3.8) is 0 Å². The number of nitrogens with zero attached hydrogens (tertiary/aromatic N) is 1. The van der Waals surface area contributed by atoms with Gasteiger partial charge in [0.2, 0.25) is 5.91 Å². The zero-order valence-electron chi connectivity index (χ0n) is 13.6. The molecule has 0 saturated heterocycles. The molecule has 1 aromatic heterocycles. The number of thiazole rings is 1. The standard InChI is InChI=1S/C15H27N3OS/c1-10-9-17-13(20-10)15(5,6)18-12(19)11(16-7)8-14(2,3)4/h9,11,16H,8H2,1-7H3,(H,18,19). The molecule has 0 radical (unpaired) electrons. The first kappa shape index (κ1) is 17.1. The van der Waals surface area contributed by atoms with E-state index in [0.717, 1.165) is 16.3 Å². The molecule has 0 bridgehead atoms. The third kappa shape index (κ3) is 4.87. The Morgan fingerprint density at radius 2 is 1.95 bits per heavy atom. The van der Waals surface area contributed by atoms with Crippen LogP contribution in [0.2, 0.25) is 0 Å². The molecule has 1 aromatic rings. The molecule has 1 amide bonds. The maximum absolute atomic E-state index is 12.5. The summed E-state index contributed by atoms with van der Waals surface area (Å²) in [5.74, 6) is 0.0280. The minimum atomic E-state index is -0.441. The van der Waals surface area contributed by atoms with E-state index in [0.29, 0.717) is 0 Å². The summed E-state index contributed by atoms with van der Waals surface area (Å²) in [5.41, 5.74) is -0.337. The number of amides is 1. The molecule has 2 N–H and O–H groups in total. The fraction of sp³-hybridized carbons (Fsp3) is 0.733. The second-order valence-corrected chi connectivity index (χ2v) is 8.23. The summed E-state index contributed by atoms with van der Waals surface area (Å²) in [7, 11) is 1.83. The minimum Gasteiger partial charge on any atom is -0.343 e. The average molecular weight is 297 g/mol. The van der Waals surface area contributed by atoms with Gasteiger partial charge >= 0.3 is 0 Å². The summed E-state index contributed by atoms with van der Waals surface area (Å²) in [6, 6.07) is -0.185. The van der Waals surface area contributed by atoms with Crippen LogP contribution in [0.15, 0.2) is 6.20 Å². The monoisotopic (exact) mass is 297 g/mol. The molecule has 20 heavy (non-hydrogen) atoms. The van der Waals surface area contributed by atoms with Gasteiger partial charge in [0.15, 0.2) is 0 Å². The second-order valence-electron chi connectivity index (χ2n) is 7.00. The first-order chi connectivity index (χ1) is 9.05. The van der Waals surface area contributed by atoms with Crippen molar-refractivity contribution in [2.45, 2.75) is 59.5 Å². The Bertz CT molecular complexity index is 460. The number of likely N-dealkylation sites (N-methyl/N-ethyl adjacent to an activating group) is 1. The fourth-order valence-corrected chi connectivity index (χ4v) is 2.85. The van der Waals surface area contributed by atoms with Gasteiger partial charge in [-0.25, -0.2) is 4.98 Å². The molecule has 5 heteroatoms. The van der Waals surface area contributed by atoms with Crippen molar-refractivity contribution in [3.8, 4) is 0 Å². The largest absolute Gasteiger partial charge is 0.343 e. The summed E-state index contributed by atoms with van der Waals surface area (Å²) < 4.78 is 0. The molecule has 114 valence electrons. The number of carbonyl (C=O) groups is 1. The van der Waals surface area contributed by atoms with E-state index in [9.17, 15) is 4.79 Å². The minimum absolute atomic E-state index is 0.0280. The SMILES string of the molecule is CNC(CC(C)(C)C)C(=O)NC(C)(C)c1ncc(C)s1. The van der Waals surface area contributed by atoms with Crippen molar-refractivity contribution in [3.05, 3.63) is 16.1 Å². The van der Waals surface area contributed by atoms with Crippen LogP contribution in [-0.4, -0.2) is 24.0 Å². The molecule has 1 rings (SSSR count). The van der Waals surface area contributed by atoms with Crippen LogP contribution in [0.5, 0.6) is 0 Å². The van der Waals surface area contributed by atoms with Crippen LogP contribution < -0.4 is 10.6 Å². The van der Waals surface area contributed by atoms with E-state index in [1.54, 1.807) is 11.3 Å². The predicted molar refractivity (Wildman–Crippen MR) is 84.9 cm³/mol. The highest BCUT2D eigenvalue weighted by Crippen LogP contribution is 2.26. The van der Waals surface area contributed by atoms with E-state index in [1.807, 2.05) is 34.0 Å². The van der Waals surface area contributed by atoms with Crippen LogP contribution in [0.4, 0.5) is 0 Å². The van der Waals surface area contributed by atoms with Crippen molar-refractivity contribution in [2.24, 2.45) is 5.41 Å². The van der Waals surface area contributed by atoms with Gasteiger partial charge in [-0.1, -0.05) is 20.8 Å². The number of aryl methyl sites for hydroxylation is 1. The van der Waals surface area contributed by atoms with Crippen molar-refractivity contribution in [1.29, 1.82) is 0 Å². The highest BCUT2D eigenvalue weighted by Gasteiger charge is 2.30. The number of rotatable bonds is 5. The van der Waals surface area contributed by atoms with Crippen molar-refractivity contribution >= 4 is 17.2 Å². The number of hydrogen-bond donors (Lipinski definition) is 2. The molecule has 4 nitrogen and oxygen atoms in total. The van der Waals surface area contributed by atoms with Gasteiger partial charge in [-0.15, -0.1) is 11.3 Å². The van der Waals surface area contributed by atoms with Crippen LogP contribution in [0.1, 0.15) is 50.9 Å². The number of nitrogens with one attached hydrogen (secondary N) is 2. The summed E-state index contributed by atoms with van der Waals surface area (Å²) in [6.07, 6.45) is 2.64. The Balaban J connectivity index is 2.77. The van der Waals surface area contributed by atoms with Gasteiger partial charge in [-0.05, 0) is 39.7 Å². The van der Waals surface area contributed by atoms with Crippen molar-refractivity contribution in [1.82, 2.24) is 15.6 Å². The summed E-state index contributed by atoms with van der Waals surface area (Å²) in [5, 5.41) is 7.15. The summed E-state index contributed by atoms with van der Waals surface area (Å²) >= 11 is 1.62. The van der Waals surface area contributed by atoms with E-state index in [1.165, 1.54) is 0 Å². The molecular weight excluding hydrogens is 270 g/mol. The molecular formula is C15H27N3OS. The third-order valence-corrected chi connectivity index (χ3v) is 4.31. The normalized spacial score (nSPS) is 14.2. The van der Waals surface area contributed by atoms with Crippen molar-refractivity contribution < 1.29 is 4.79 Å². The van der Waals surface area contributed by atoms with Crippen LogP contribution in [0.25, 0.3) is 0 Å². The molecule has 1 unspecified atom stereocenters. The van der Waals surface area contributed by atoms with Gasteiger partial charge in [0.25, 0.3) is 0 Å². The Hall–Kier alpha value is -0.940. The maximum atomic E-state index is 12.5. The summed E-state index contributed by atoms with van der Waals surface area (Å²) in [6.45, 7) is 12.4. The summed E-state index contributed by atoms with van der Waals surface area (Å²) in [4.78, 5) is 18.0. The van der Waals surface area contributed by atoms with Gasteiger partial charge in [0.1, 0.15) is 5.01 Å². The molecule has 0 spiro atoms. The Morgan fingerprint density at radius 3 is 2.35 bits per heavy atom. The topological polar surface area (TPSA) is 54.0 Å². The Morgan fingerprint density at radius 1 is 1.35 bits per heavy atom. The molecule has 0 aromatic carbocycles. The average Bonchev–Trinajstić information content (AvgIpc) is 2.71. The number of aromatic nitrogens is 1. The van der Waals surface area contributed by atoms with E-state index in [-0.39, 0.29) is 17.4 Å². The molecule has 0 aliphatic carbocycles. The van der Waals surface area contributed by atoms with Gasteiger partial charge in [0.05, 0.1) is 11.6 Å². The zero-order valence-corrected chi connectivity index (χ0v) is 14.4. The predicted octanol–water partition coefficient (Wildman–Crippen LogP) is 2.83. The zero-order chi connectivity index (χ0) is 15.6. The fourth-order valence-electron chi connectivity index (χ4n) is 2.03. The molecule has 0 saturated carbocycles. The van der Waals surface area contributed by atoms with Gasteiger partial charge in [-0.2, -0.15) is 0 Å². The van der Waals surface area contributed by atoms with E-state index in [2.05, 4.69) is 36.4 Å². The first-order valence-electron chi connectivity index (χ1n) is 6.97. The van der Waals surface area contributed by atoms with Crippen LogP contribution in [-0.2, 0) is 10.3 Å². The van der Waals surface area contributed by atoms with E-state index < -0.39 is 5.54 Å². The van der Waals surface area contributed by atoms with E-state index in [4.69, 9.17) is 0 Å². The van der Waals surface area contributed by atoms with Gasteiger partial charge in [0, 0.05) is 11.1 Å². The lowest BCUT2D eigenvalue weighted by molar-refractivity contribution is -0.125. The Labute approximate surface area is 126 Å². The smallest absolute Gasteiger partial charge is 0.237 e. The highest BCUT2D eigenvalue weighted by atomic mass is 32.1. The van der Waals surface area contributed by atoms with Crippen LogP contribution in [0.3, 0.4) is 0 Å². The maximum Gasteiger partial charge on any atom is 0.237 e. The lowest BCUT2D eigenvalue weighted by atomic mass is 9.87. The van der Waals surface area contributed by atoms with Crippen LogP contribution >= 0.6 is 11.3 Å². The number of hydrogen-bond acceptors (Lipinski definition) is 4. The molecule has 1 atom stereocenters. The quantitative estimate of drug-likeness (QED) is 0.878. The van der Waals surface area contributed by atoms with Gasteiger partial charge in [-0.3, -0.25) is 4.79 Å². The second kappa shape index (κ2) is 6.22. The highest BCUT2D eigenvalue weighted by molar-refractivity contribution is 7.11. The van der Waals surface area contributed by atoms with Gasteiger partial charge < -0.3 is 10.6 Å². The van der Waals surface area contributed by atoms with Crippen molar-refractivity contribution in [2.75, 3.05) is 7.05 Å². The molecule has 0 aliphatic heterocycles. The lowest BCUT2D eigenvalue weighted by Crippen LogP contribution is -2.50. The Kier molecular flexibility index (Phi) is 5.33. The number of carbonyl (C=O) groups excluding carboxylic acids is 1. The lowest BCUT2D eigenvalue weighted by Gasteiger charge is -2.30. The molecule has 1 heterocycles. The first-order valence-corrected chi connectivity index (χ1v) is 7.79. The molecule has 0 fully saturated rings.